The Morgan fingerprint density at radius 2 is 2.13 bits per heavy atom. The minimum atomic E-state index is -0.483. The third kappa shape index (κ3) is 4.68. The highest BCUT2D eigenvalue weighted by atomic mass is 32.1. The van der Waals surface area contributed by atoms with Gasteiger partial charge in [-0.25, -0.2) is 9.18 Å². The highest BCUT2D eigenvalue weighted by Gasteiger charge is 2.25. The molecule has 0 radical (unpaired) electrons. The van der Waals surface area contributed by atoms with Crippen LogP contribution in [0.15, 0.2) is 44.9 Å². The number of amides is 1. The van der Waals surface area contributed by atoms with Crippen molar-refractivity contribution in [2.45, 2.75) is 33.0 Å². The first-order valence-corrected chi connectivity index (χ1v) is 10.7. The van der Waals surface area contributed by atoms with E-state index in [1.54, 1.807) is 13.0 Å². The smallest absolute Gasteiger partial charge is 0.387 e. The van der Waals surface area contributed by atoms with Gasteiger partial charge in [-0.15, -0.1) is 16.4 Å². The molecule has 1 saturated heterocycles. The maximum Gasteiger partial charge on any atom is 0.438 e. The van der Waals surface area contributed by atoms with E-state index < -0.39 is 5.76 Å². The van der Waals surface area contributed by atoms with Crippen LogP contribution in [0.25, 0.3) is 10.8 Å². The summed E-state index contributed by atoms with van der Waals surface area (Å²) in [5, 5.41) is 9.08. The maximum atomic E-state index is 13.6. The number of thiophene rings is 1. The quantitative estimate of drug-likeness (QED) is 0.650. The summed E-state index contributed by atoms with van der Waals surface area (Å²) in [5.74, 6) is -0.526. The third-order valence-electron chi connectivity index (χ3n) is 5.33. The van der Waals surface area contributed by atoms with Crippen molar-refractivity contribution in [2.24, 2.45) is 5.92 Å². The fourth-order valence-corrected chi connectivity index (χ4v) is 4.15. The summed E-state index contributed by atoms with van der Waals surface area (Å²) in [6.07, 6.45) is 1.39. The van der Waals surface area contributed by atoms with E-state index in [0.29, 0.717) is 50.6 Å². The molecule has 3 aromatic rings. The van der Waals surface area contributed by atoms with Crippen LogP contribution in [-0.2, 0) is 18.0 Å². The van der Waals surface area contributed by atoms with Crippen LogP contribution in [0.2, 0.25) is 0 Å². The minimum absolute atomic E-state index is 0.0192. The van der Waals surface area contributed by atoms with Crippen LogP contribution >= 0.6 is 11.3 Å². The Morgan fingerprint density at radius 3 is 2.83 bits per heavy atom. The van der Waals surface area contributed by atoms with E-state index in [1.807, 2.05) is 23.6 Å². The van der Waals surface area contributed by atoms with Crippen LogP contribution in [0, 0.1) is 18.7 Å². The number of aryl methyl sites for hydroxylation is 1. The lowest BCUT2D eigenvalue weighted by Gasteiger charge is -2.30. The molecule has 0 saturated carbocycles. The van der Waals surface area contributed by atoms with Crippen LogP contribution in [-0.4, -0.2) is 33.7 Å². The number of halogens is 1. The highest BCUT2D eigenvalue weighted by Crippen LogP contribution is 2.22. The predicted octanol–water partition coefficient (Wildman–Crippen LogP) is 3.00. The SMILES string of the molecule is Cc1ccc(CNC(=O)C2CCN(Cn3nc(-c4cccs4)oc3=O)CC2)cc1F. The molecule has 9 heteroatoms. The molecular weight excluding hydrogens is 407 g/mol. The van der Waals surface area contributed by atoms with Crippen molar-refractivity contribution in [1.29, 1.82) is 0 Å². The molecule has 0 unspecified atom stereocenters. The van der Waals surface area contributed by atoms with E-state index in [9.17, 15) is 14.0 Å². The summed E-state index contributed by atoms with van der Waals surface area (Å²) in [7, 11) is 0. The Kier molecular flexibility index (Phi) is 6.10. The Hall–Kier alpha value is -2.78. The molecule has 0 spiro atoms. The molecule has 1 aromatic carbocycles. The van der Waals surface area contributed by atoms with Crippen LogP contribution in [0.3, 0.4) is 0 Å². The zero-order valence-electron chi connectivity index (χ0n) is 16.6. The monoisotopic (exact) mass is 430 g/mol. The summed E-state index contributed by atoms with van der Waals surface area (Å²) in [4.78, 5) is 27.4. The zero-order chi connectivity index (χ0) is 21.1. The minimum Gasteiger partial charge on any atom is -0.387 e. The van der Waals surface area contributed by atoms with Gasteiger partial charge in [0.2, 0.25) is 5.91 Å². The maximum absolute atomic E-state index is 13.6. The van der Waals surface area contributed by atoms with E-state index >= 15 is 0 Å². The average molecular weight is 431 g/mol. The summed E-state index contributed by atoms with van der Waals surface area (Å²) in [6.45, 7) is 3.73. The molecule has 3 heterocycles. The van der Waals surface area contributed by atoms with Gasteiger partial charge in [-0.1, -0.05) is 18.2 Å². The Balaban J connectivity index is 1.27. The van der Waals surface area contributed by atoms with Crippen LogP contribution in [0.5, 0.6) is 0 Å². The van der Waals surface area contributed by atoms with Gasteiger partial charge in [0.1, 0.15) is 12.5 Å². The Bertz CT molecular complexity index is 1070. The summed E-state index contributed by atoms with van der Waals surface area (Å²) >= 11 is 1.46. The van der Waals surface area contributed by atoms with E-state index in [-0.39, 0.29) is 17.6 Å². The lowest BCUT2D eigenvalue weighted by atomic mass is 9.96. The van der Waals surface area contributed by atoms with Crippen molar-refractivity contribution >= 4 is 17.2 Å². The molecule has 0 aliphatic carbocycles. The molecule has 1 amide bonds. The van der Waals surface area contributed by atoms with E-state index in [1.165, 1.54) is 22.1 Å². The third-order valence-corrected chi connectivity index (χ3v) is 6.19. The lowest BCUT2D eigenvalue weighted by molar-refractivity contribution is -0.126. The van der Waals surface area contributed by atoms with Gasteiger partial charge in [0.15, 0.2) is 0 Å². The fourth-order valence-electron chi connectivity index (χ4n) is 3.50. The van der Waals surface area contributed by atoms with Crippen molar-refractivity contribution in [3.8, 4) is 10.8 Å². The number of carbonyl (C=O) groups excluding carboxylic acids is 1. The second-order valence-corrected chi connectivity index (χ2v) is 8.43. The predicted molar refractivity (Wildman–Crippen MR) is 111 cm³/mol. The first kappa shape index (κ1) is 20.5. The van der Waals surface area contributed by atoms with Crippen molar-refractivity contribution in [1.82, 2.24) is 20.0 Å². The molecule has 1 N–H and O–H groups in total. The largest absolute Gasteiger partial charge is 0.438 e. The van der Waals surface area contributed by atoms with Gasteiger partial charge in [-0.2, -0.15) is 4.68 Å². The number of carbonyl (C=O) groups is 1. The highest BCUT2D eigenvalue weighted by molar-refractivity contribution is 7.13. The number of nitrogens with zero attached hydrogens (tertiary/aromatic N) is 3. The standard InChI is InChI=1S/C21H23FN4O3S/c1-14-4-5-15(11-17(14)22)12-23-19(27)16-6-8-25(9-7-16)13-26-21(28)29-20(24-26)18-3-2-10-30-18/h2-5,10-11,16H,6-9,12-13H2,1H3,(H,23,27). The normalized spacial score (nSPS) is 15.4. The summed E-state index contributed by atoms with van der Waals surface area (Å²) in [6, 6.07) is 8.73. The molecular formula is C21H23FN4O3S. The fraction of sp³-hybridized carbons (Fsp3) is 0.381. The molecule has 0 bridgehead atoms. The van der Waals surface area contributed by atoms with Gasteiger partial charge >= 0.3 is 5.76 Å². The van der Waals surface area contributed by atoms with E-state index in [4.69, 9.17) is 4.42 Å². The van der Waals surface area contributed by atoms with E-state index in [0.717, 1.165) is 10.4 Å². The molecule has 1 fully saturated rings. The number of rotatable bonds is 6. The average Bonchev–Trinajstić information content (AvgIpc) is 3.40. The first-order valence-electron chi connectivity index (χ1n) is 9.86. The van der Waals surface area contributed by atoms with Gasteiger partial charge in [0.25, 0.3) is 5.89 Å². The van der Waals surface area contributed by atoms with Gasteiger partial charge in [-0.3, -0.25) is 9.69 Å². The molecule has 158 valence electrons. The lowest BCUT2D eigenvalue weighted by Crippen LogP contribution is -2.42. The second-order valence-electron chi connectivity index (χ2n) is 7.49. The molecule has 2 aromatic heterocycles. The number of benzene rings is 1. The Labute approximate surface area is 177 Å². The molecule has 30 heavy (non-hydrogen) atoms. The molecule has 1 aliphatic rings. The van der Waals surface area contributed by atoms with Crippen molar-refractivity contribution in [2.75, 3.05) is 13.1 Å². The number of aromatic nitrogens is 2. The van der Waals surface area contributed by atoms with Crippen molar-refractivity contribution in [3.63, 3.8) is 0 Å². The first-order chi connectivity index (χ1) is 14.5. The van der Waals surface area contributed by atoms with Crippen LogP contribution in [0.4, 0.5) is 4.39 Å². The number of piperidine rings is 1. The van der Waals surface area contributed by atoms with Crippen LogP contribution < -0.4 is 11.1 Å². The number of nitrogens with one attached hydrogen (secondary N) is 1. The zero-order valence-corrected chi connectivity index (χ0v) is 17.5. The van der Waals surface area contributed by atoms with Crippen LogP contribution in [0.1, 0.15) is 24.0 Å². The molecule has 1 aliphatic heterocycles. The molecule has 7 nitrogen and oxygen atoms in total. The molecule has 4 rings (SSSR count). The van der Waals surface area contributed by atoms with Gasteiger partial charge in [0.05, 0.1) is 4.88 Å². The number of likely N-dealkylation sites (tertiary alicyclic amines) is 1. The van der Waals surface area contributed by atoms with Crippen molar-refractivity contribution < 1.29 is 13.6 Å². The second kappa shape index (κ2) is 8.93. The van der Waals surface area contributed by atoms with Gasteiger partial charge in [-0.05, 0) is 48.4 Å². The van der Waals surface area contributed by atoms with E-state index in [2.05, 4.69) is 15.3 Å². The summed E-state index contributed by atoms with van der Waals surface area (Å²) in [5.41, 5.74) is 1.34. The number of hydrogen-bond acceptors (Lipinski definition) is 6. The van der Waals surface area contributed by atoms with Crippen molar-refractivity contribution in [3.05, 3.63) is 63.2 Å². The number of hydrogen-bond donors (Lipinski definition) is 1. The molecule has 0 atom stereocenters. The topological polar surface area (TPSA) is 80.4 Å². The van der Waals surface area contributed by atoms with Gasteiger partial charge in [0, 0.05) is 25.6 Å². The Morgan fingerprint density at radius 1 is 1.33 bits per heavy atom. The van der Waals surface area contributed by atoms with Gasteiger partial charge < -0.3 is 9.73 Å². The summed E-state index contributed by atoms with van der Waals surface area (Å²) < 4.78 is 20.2.